The van der Waals surface area contributed by atoms with Crippen molar-refractivity contribution >= 4 is 45.2 Å². The predicted octanol–water partition coefficient (Wildman–Crippen LogP) is 2.03. The van der Waals surface area contributed by atoms with Gasteiger partial charge in [-0.3, -0.25) is 0 Å². The fourth-order valence-corrected chi connectivity index (χ4v) is 1.17. The second-order valence-corrected chi connectivity index (χ2v) is 10.3. The van der Waals surface area contributed by atoms with E-state index >= 15 is 0 Å². The summed E-state index contributed by atoms with van der Waals surface area (Å²) in [6.07, 6.45) is 1.19. The third-order valence-corrected chi connectivity index (χ3v) is 2.47. The summed E-state index contributed by atoms with van der Waals surface area (Å²) < 4.78 is 0. The Morgan fingerprint density at radius 2 is 2.00 bits per heavy atom. The largest absolute Gasteiger partial charge is 0.345 e. The summed E-state index contributed by atoms with van der Waals surface area (Å²) in [6.45, 7) is 0. The van der Waals surface area contributed by atoms with Gasteiger partial charge in [-0.2, -0.15) is 0 Å². The molecule has 5 heteroatoms. The summed E-state index contributed by atoms with van der Waals surface area (Å²) in [5, 5.41) is 0. The van der Waals surface area contributed by atoms with Crippen molar-refractivity contribution in [1.82, 2.24) is 0 Å². The number of hydrogen-bond acceptors (Lipinski definition) is 1. The lowest BCUT2D eigenvalue weighted by atomic mass is 10.8. The highest BCUT2D eigenvalue weighted by molar-refractivity contribution is 7.64. The Labute approximate surface area is 62.3 Å². The molecule has 0 fully saturated rings. The Balaban J connectivity index is 3.55. The molecule has 0 rings (SSSR count). The van der Waals surface area contributed by atoms with E-state index in [-0.39, 0.29) is 6.04 Å². The fourth-order valence-electron chi connectivity index (χ4n) is 0.157. The van der Waals surface area contributed by atoms with E-state index in [1.165, 1.54) is 12.0 Å². The Morgan fingerprint density at radius 3 is 2.12 bits per heavy atom. The van der Waals surface area contributed by atoms with Gasteiger partial charge in [-0.25, -0.2) is 4.79 Å². The quantitative estimate of drug-likeness (QED) is 0.369. The first-order valence-electron chi connectivity index (χ1n) is 1.82. The molecule has 0 aliphatic rings. The van der Waals surface area contributed by atoms with E-state index in [1.54, 1.807) is 0 Å². The number of allylic oxidation sites excluding steroid dienone is 1. The van der Waals surface area contributed by atoms with Crippen molar-refractivity contribution in [2.75, 3.05) is 0 Å². The first kappa shape index (κ1) is 8.54. The molecule has 0 aliphatic heterocycles. The highest BCUT2D eigenvalue weighted by atomic mass is 35.8. The maximum Gasteiger partial charge on any atom is 0.345 e. The van der Waals surface area contributed by atoms with Crippen LogP contribution in [0.5, 0.6) is 0 Å². The van der Waals surface area contributed by atoms with Crippen LogP contribution in [0.4, 0.5) is 0 Å². The average Bonchev–Trinajstić information content (AvgIpc) is 1.59. The SMILES string of the molecule is O=C=CC[Si](Cl)(Cl)Cl. The lowest BCUT2D eigenvalue weighted by Gasteiger charge is -1.98. The lowest BCUT2D eigenvalue weighted by molar-refractivity contribution is 0.568. The lowest BCUT2D eigenvalue weighted by Crippen LogP contribution is -2.05. The number of rotatable bonds is 2. The zero-order chi connectivity index (χ0) is 6.62. The molecule has 0 aliphatic carbocycles. The standard InChI is InChI=1S/C3H3Cl3OSi/c4-8(5,6)3-1-2-7/h1H,3H2. The third-order valence-electron chi connectivity index (χ3n) is 0.417. The van der Waals surface area contributed by atoms with E-state index in [9.17, 15) is 4.79 Å². The molecule has 0 aromatic carbocycles. The van der Waals surface area contributed by atoms with Gasteiger partial charge in [-0.1, -0.05) is 0 Å². The predicted molar refractivity (Wildman–Crippen MR) is 38.4 cm³/mol. The normalized spacial score (nSPS) is 10.4. The maximum absolute atomic E-state index is 9.52. The second kappa shape index (κ2) is 3.54. The smallest absolute Gasteiger partial charge is 0.234 e. The molecule has 0 saturated carbocycles. The van der Waals surface area contributed by atoms with E-state index in [0.29, 0.717) is 0 Å². The van der Waals surface area contributed by atoms with Gasteiger partial charge in [0.05, 0.1) is 0 Å². The molecule has 0 spiro atoms. The Morgan fingerprint density at radius 1 is 1.50 bits per heavy atom. The van der Waals surface area contributed by atoms with Crippen molar-refractivity contribution in [3.05, 3.63) is 6.08 Å². The molecule has 0 aromatic heterocycles. The number of halogens is 3. The molecule has 46 valence electrons. The summed E-state index contributed by atoms with van der Waals surface area (Å²) in [5.74, 6) is 1.53. The van der Waals surface area contributed by atoms with Gasteiger partial charge in [-0.15, -0.1) is 33.2 Å². The first-order valence-corrected chi connectivity index (χ1v) is 7.06. The molecular weight excluding hydrogens is 186 g/mol. The van der Waals surface area contributed by atoms with Crippen molar-refractivity contribution in [2.24, 2.45) is 0 Å². The third kappa shape index (κ3) is 6.54. The van der Waals surface area contributed by atoms with Gasteiger partial charge in [0.25, 0.3) is 0 Å². The van der Waals surface area contributed by atoms with Crippen LogP contribution in [0.15, 0.2) is 6.08 Å². The molecule has 0 amide bonds. The van der Waals surface area contributed by atoms with E-state index in [0.717, 1.165) is 0 Å². The van der Waals surface area contributed by atoms with Gasteiger partial charge in [0.2, 0.25) is 0 Å². The Kier molecular flexibility index (Phi) is 3.78. The molecule has 0 saturated heterocycles. The highest BCUT2D eigenvalue weighted by Gasteiger charge is 2.22. The zero-order valence-corrected chi connectivity index (χ0v) is 7.09. The van der Waals surface area contributed by atoms with Crippen LogP contribution in [0, 0.1) is 0 Å². The molecule has 0 unspecified atom stereocenters. The minimum atomic E-state index is -2.58. The van der Waals surface area contributed by atoms with Crippen LogP contribution in [0.1, 0.15) is 0 Å². The van der Waals surface area contributed by atoms with E-state index in [1.807, 2.05) is 0 Å². The first-order chi connectivity index (χ1) is 3.56. The summed E-state index contributed by atoms with van der Waals surface area (Å²) in [7, 11) is 0. The summed E-state index contributed by atoms with van der Waals surface area (Å²) >= 11 is 16.1. The van der Waals surface area contributed by atoms with Gasteiger partial charge < -0.3 is 0 Å². The van der Waals surface area contributed by atoms with Crippen molar-refractivity contribution < 1.29 is 4.79 Å². The summed E-state index contributed by atoms with van der Waals surface area (Å²) in [5.41, 5.74) is 0. The van der Waals surface area contributed by atoms with Crippen molar-refractivity contribution in [3.8, 4) is 0 Å². The van der Waals surface area contributed by atoms with E-state index < -0.39 is 6.00 Å². The molecule has 1 nitrogen and oxygen atoms in total. The Hall–Kier alpha value is 0.537. The van der Waals surface area contributed by atoms with Gasteiger partial charge in [-0.05, 0) is 0 Å². The highest BCUT2D eigenvalue weighted by Crippen LogP contribution is 2.24. The molecule has 0 radical (unpaired) electrons. The fraction of sp³-hybridized carbons (Fsp3) is 0.333. The van der Waals surface area contributed by atoms with Crippen LogP contribution in [-0.4, -0.2) is 11.9 Å². The van der Waals surface area contributed by atoms with Crippen molar-refractivity contribution in [3.63, 3.8) is 0 Å². The van der Waals surface area contributed by atoms with Crippen LogP contribution < -0.4 is 0 Å². The minimum Gasteiger partial charge on any atom is -0.234 e. The zero-order valence-electron chi connectivity index (χ0n) is 3.83. The molecular formula is C3H3Cl3OSi. The van der Waals surface area contributed by atoms with Gasteiger partial charge in [0, 0.05) is 12.1 Å². The van der Waals surface area contributed by atoms with E-state index in [2.05, 4.69) is 0 Å². The minimum absolute atomic E-state index is 0.251. The second-order valence-electron chi connectivity index (χ2n) is 1.14. The topological polar surface area (TPSA) is 17.1 Å². The maximum atomic E-state index is 9.52. The van der Waals surface area contributed by atoms with Gasteiger partial charge in [0.1, 0.15) is 5.94 Å². The van der Waals surface area contributed by atoms with Crippen molar-refractivity contribution in [1.29, 1.82) is 0 Å². The molecule has 0 atom stereocenters. The van der Waals surface area contributed by atoms with E-state index in [4.69, 9.17) is 33.2 Å². The van der Waals surface area contributed by atoms with Crippen LogP contribution in [0.3, 0.4) is 0 Å². The van der Waals surface area contributed by atoms with Gasteiger partial charge >= 0.3 is 6.00 Å². The average molecular weight is 190 g/mol. The summed E-state index contributed by atoms with van der Waals surface area (Å²) in [6, 6.07) is -2.33. The van der Waals surface area contributed by atoms with Crippen LogP contribution in [-0.2, 0) is 4.79 Å². The van der Waals surface area contributed by atoms with Crippen LogP contribution in [0.2, 0.25) is 6.04 Å². The molecule has 8 heavy (non-hydrogen) atoms. The van der Waals surface area contributed by atoms with Crippen molar-refractivity contribution in [2.45, 2.75) is 6.04 Å². The molecule has 0 N–H and O–H groups in total. The monoisotopic (exact) mass is 188 g/mol. The molecule has 0 aromatic rings. The number of carbonyl (C=O) groups excluding carboxylic acids is 1. The Bertz CT molecular complexity index is 112. The van der Waals surface area contributed by atoms with Crippen LogP contribution >= 0.6 is 33.2 Å². The number of hydrogen-bond donors (Lipinski definition) is 0. The van der Waals surface area contributed by atoms with Gasteiger partial charge in [0.15, 0.2) is 0 Å². The van der Waals surface area contributed by atoms with Crippen LogP contribution in [0.25, 0.3) is 0 Å². The molecule has 0 bridgehead atoms. The molecule has 0 heterocycles. The summed E-state index contributed by atoms with van der Waals surface area (Å²) in [4.78, 5) is 9.52.